The number of aromatic nitrogens is 3. The molecule has 1 aromatic carbocycles. The molecule has 0 saturated carbocycles. The van der Waals surface area contributed by atoms with Crippen LogP contribution in [0.3, 0.4) is 0 Å². The first-order valence-corrected chi connectivity index (χ1v) is 12.4. The van der Waals surface area contributed by atoms with Crippen molar-refractivity contribution in [3.05, 3.63) is 47.0 Å². The molecule has 37 heavy (non-hydrogen) atoms. The normalized spacial score (nSPS) is 15.4. The largest absolute Gasteiger partial charge is 0.474 e. The number of alkyl halides is 2. The Labute approximate surface area is 214 Å². The second kappa shape index (κ2) is 11.9. The quantitative estimate of drug-likeness (QED) is 0.386. The Balaban J connectivity index is 1.73. The number of halogens is 3. The van der Waals surface area contributed by atoms with Crippen LogP contribution in [0.4, 0.5) is 24.7 Å². The van der Waals surface area contributed by atoms with Crippen molar-refractivity contribution >= 4 is 22.5 Å². The summed E-state index contributed by atoms with van der Waals surface area (Å²) in [7, 11) is 1.61. The van der Waals surface area contributed by atoms with Crippen molar-refractivity contribution in [1.82, 2.24) is 19.9 Å². The second-order valence-electron chi connectivity index (χ2n) is 8.98. The zero-order valence-electron chi connectivity index (χ0n) is 21.6. The van der Waals surface area contributed by atoms with Gasteiger partial charge in [-0.15, -0.1) is 0 Å². The smallest absolute Gasteiger partial charge is 0.266 e. The number of anilines is 2. The molecule has 1 N–H and O–H groups in total. The fourth-order valence-electron chi connectivity index (χ4n) is 4.46. The molecule has 0 unspecified atom stereocenters. The molecular weight excluding hydrogens is 485 g/mol. The molecule has 0 aliphatic carbocycles. The molecule has 1 fully saturated rings. The van der Waals surface area contributed by atoms with E-state index in [4.69, 9.17) is 14.5 Å². The predicted octanol–water partition coefficient (Wildman–Crippen LogP) is 4.75. The highest BCUT2D eigenvalue weighted by Crippen LogP contribution is 2.35. The summed E-state index contributed by atoms with van der Waals surface area (Å²) < 4.78 is 52.5. The summed E-state index contributed by atoms with van der Waals surface area (Å²) in [4.78, 5) is 18.4. The van der Waals surface area contributed by atoms with Crippen molar-refractivity contribution in [1.29, 1.82) is 0 Å². The second-order valence-corrected chi connectivity index (χ2v) is 8.98. The van der Waals surface area contributed by atoms with Gasteiger partial charge in [0.15, 0.2) is 5.65 Å². The highest BCUT2D eigenvalue weighted by Gasteiger charge is 2.24. The number of aryl methyl sites for hydroxylation is 1. The van der Waals surface area contributed by atoms with Gasteiger partial charge in [0.1, 0.15) is 29.8 Å². The molecule has 3 heterocycles. The fourth-order valence-corrected chi connectivity index (χ4v) is 4.46. The number of pyridine rings is 1. The molecule has 1 atom stereocenters. The van der Waals surface area contributed by atoms with Gasteiger partial charge in [-0.3, -0.25) is 0 Å². The average molecular weight is 519 g/mol. The first kappa shape index (κ1) is 26.9. The summed E-state index contributed by atoms with van der Waals surface area (Å²) in [6.07, 6.45) is -2.90. The van der Waals surface area contributed by atoms with Crippen LogP contribution < -0.4 is 15.0 Å². The van der Waals surface area contributed by atoms with E-state index in [-0.39, 0.29) is 5.56 Å². The topological polar surface area (TPSA) is 75.6 Å². The van der Waals surface area contributed by atoms with E-state index in [2.05, 4.69) is 32.0 Å². The maximum absolute atomic E-state index is 14.8. The minimum absolute atomic E-state index is 0.130. The third-order valence-electron chi connectivity index (χ3n) is 6.54. The maximum atomic E-state index is 14.8. The van der Waals surface area contributed by atoms with Crippen LogP contribution in [0.15, 0.2) is 24.3 Å². The highest BCUT2D eigenvalue weighted by atomic mass is 19.3. The lowest BCUT2D eigenvalue weighted by molar-refractivity contribution is 0.144. The first-order valence-electron chi connectivity index (χ1n) is 12.4. The van der Waals surface area contributed by atoms with Crippen molar-refractivity contribution in [2.75, 3.05) is 63.3 Å². The van der Waals surface area contributed by atoms with E-state index in [0.717, 1.165) is 44.5 Å². The Morgan fingerprint density at radius 2 is 1.78 bits per heavy atom. The number of nitrogens with one attached hydrogen (secondary N) is 1. The van der Waals surface area contributed by atoms with Crippen LogP contribution in [0.25, 0.3) is 11.0 Å². The van der Waals surface area contributed by atoms with Crippen molar-refractivity contribution in [3.63, 3.8) is 0 Å². The molecule has 200 valence electrons. The van der Waals surface area contributed by atoms with Gasteiger partial charge in [-0.05, 0) is 26.5 Å². The molecule has 8 nitrogen and oxygen atoms in total. The van der Waals surface area contributed by atoms with Crippen LogP contribution >= 0.6 is 0 Å². The number of benzene rings is 1. The van der Waals surface area contributed by atoms with Gasteiger partial charge in [-0.2, -0.15) is 4.98 Å². The Hall–Kier alpha value is -3.18. The zero-order chi connectivity index (χ0) is 26.5. The van der Waals surface area contributed by atoms with Crippen molar-refractivity contribution in [3.8, 4) is 5.88 Å². The van der Waals surface area contributed by atoms with Gasteiger partial charge < -0.3 is 24.6 Å². The lowest BCUT2D eigenvalue weighted by Gasteiger charge is -2.36. The monoisotopic (exact) mass is 518 g/mol. The maximum Gasteiger partial charge on any atom is 0.266 e. The number of hydrogen-bond donors (Lipinski definition) is 1. The van der Waals surface area contributed by atoms with Gasteiger partial charge in [0.05, 0.1) is 23.6 Å². The molecule has 3 aromatic rings. The van der Waals surface area contributed by atoms with Crippen molar-refractivity contribution < 1.29 is 22.6 Å². The van der Waals surface area contributed by atoms with Crippen molar-refractivity contribution in [2.45, 2.75) is 33.2 Å². The fraction of sp³-hybridized carbons (Fsp3) is 0.500. The first-order chi connectivity index (χ1) is 17.8. The Bertz CT molecular complexity index is 1220. The van der Waals surface area contributed by atoms with Crippen LogP contribution in [0, 0.1) is 12.7 Å². The summed E-state index contributed by atoms with van der Waals surface area (Å²) in [5.74, 6) is 0.446. The van der Waals surface area contributed by atoms with Gasteiger partial charge in [-0.25, -0.2) is 23.1 Å². The predicted molar refractivity (Wildman–Crippen MR) is 137 cm³/mol. The number of fused-ring (bicyclic) bond motifs is 1. The van der Waals surface area contributed by atoms with Gasteiger partial charge in [0, 0.05) is 38.9 Å². The minimum atomic E-state index is -2.90. The molecule has 1 aliphatic rings. The highest BCUT2D eigenvalue weighted by molar-refractivity contribution is 5.90. The zero-order valence-corrected chi connectivity index (χ0v) is 21.6. The molecule has 11 heteroatoms. The SMILES string of the molecule is CCN1CCN(c2cc3c(N[C@H](C)c4cccc(C(F)F)c4F)nc(C)nc3nc2OCCOC)CC1. The van der Waals surface area contributed by atoms with Gasteiger partial charge >= 0.3 is 0 Å². The Morgan fingerprint density at radius 1 is 1.05 bits per heavy atom. The van der Waals surface area contributed by atoms with Crippen LogP contribution in [-0.4, -0.2) is 72.9 Å². The van der Waals surface area contributed by atoms with Crippen LogP contribution in [0.5, 0.6) is 5.88 Å². The number of hydrogen-bond acceptors (Lipinski definition) is 8. The number of piperazine rings is 1. The van der Waals surface area contributed by atoms with Gasteiger partial charge in [0.2, 0.25) is 5.88 Å². The number of rotatable bonds is 10. The summed E-state index contributed by atoms with van der Waals surface area (Å²) in [6.45, 7) is 10.8. The van der Waals surface area contributed by atoms with E-state index >= 15 is 0 Å². The van der Waals surface area contributed by atoms with E-state index in [0.29, 0.717) is 41.8 Å². The minimum Gasteiger partial charge on any atom is -0.474 e. The Morgan fingerprint density at radius 3 is 2.46 bits per heavy atom. The molecule has 0 bridgehead atoms. The molecule has 2 aromatic heterocycles. The van der Waals surface area contributed by atoms with E-state index in [1.54, 1.807) is 21.0 Å². The third-order valence-corrected chi connectivity index (χ3v) is 6.54. The molecule has 4 rings (SSSR count). The van der Waals surface area contributed by atoms with E-state index in [9.17, 15) is 13.2 Å². The third kappa shape index (κ3) is 6.04. The van der Waals surface area contributed by atoms with Crippen LogP contribution in [0.2, 0.25) is 0 Å². The number of ether oxygens (including phenoxy) is 2. The number of nitrogens with zero attached hydrogens (tertiary/aromatic N) is 5. The summed E-state index contributed by atoms with van der Waals surface area (Å²) in [5.41, 5.74) is 0.745. The average Bonchev–Trinajstić information content (AvgIpc) is 2.88. The van der Waals surface area contributed by atoms with E-state index in [1.165, 1.54) is 12.1 Å². The molecule has 0 radical (unpaired) electrons. The van der Waals surface area contributed by atoms with E-state index in [1.807, 2.05) is 6.07 Å². The lowest BCUT2D eigenvalue weighted by atomic mass is 10.0. The van der Waals surface area contributed by atoms with Gasteiger partial charge in [0.25, 0.3) is 6.43 Å². The number of likely N-dealkylation sites (N-methyl/N-ethyl adjacent to an activating group) is 1. The number of methoxy groups -OCH3 is 1. The summed E-state index contributed by atoms with van der Waals surface area (Å²) in [6, 6.07) is 5.33. The lowest BCUT2D eigenvalue weighted by Crippen LogP contribution is -2.46. The van der Waals surface area contributed by atoms with E-state index < -0.39 is 23.8 Å². The van der Waals surface area contributed by atoms with Crippen molar-refractivity contribution in [2.24, 2.45) is 0 Å². The molecule has 0 spiro atoms. The molecule has 1 aliphatic heterocycles. The molecular formula is C26H33F3N6O2. The van der Waals surface area contributed by atoms with Crippen LogP contribution in [0.1, 0.15) is 43.3 Å². The van der Waals surface area contributed by atoms with Gasteiger partial charge in [-0.1, -0.05) is 25.1 Å². The summed E-state index contributed by atoms with van der Waals surface area (Å²) >= 11 is 0. The Kier molecular flexibility index (Phi) is 8.65. The summed E-state index contributed by atoms with van der Waals surface area (Å²) in [5, 5.41) is 3.84. The van der Waals surface area contributed by atoms with Crippen LogP contribution in [-0.2, 0) is 4.74 Å². The standard InChI is InChI=1S/C26H33F3N6O2/c1-5-34-9-11-35(12-10-34)21-15-20-24(30-16(2)18-7-6-8-19(22(18)27)23(28)29)31-17(3)32-25(20)33-26(21)37-14-13-36-4/h6-8,15-16,23H,5,9-14H2,1-4H3,(H,30,31,32,33)/t16-/m1/s1. The molecule has 1 saturated heterocycles. The molecule has 0 amide bonds.